The Labute approximate surface area is 206 Å². The highest BCUT2D eigenvalue weighted by atomic mass is 32.1. The van der Waals surface area contributed by atoms with Crippen molar-refractivity contribution in [2.45, 2.75) is 38.0 Å². The topological polar surface area (TPSA) is 114 Å². The maximum atomic E-state index is 12.4. The molecule has 3 aromatic heterocycles. The highest BCUT2D eigenvalue weighted by Gasteiger charge is 2.18. The van der Waals surface area contributed by atoms with Crippen LogP contribution in [0.1, 0.15) is 53.5 Å². The number of imidazole rings is 1. The van der Waals surface area contributed by atoms with Crippen molar-refractivity contribution < 1.29 is 9.59 Å². The van der Waals surface area contributed by atoms with Crippen molar-refractivity contribution in [1.82, 2.24) is 20.3 Å². The number of carbonyl (C=O) groups is 2. The van der Waals surface area contributed by atoms with E-state index in [1.165, 1.54) is 21.8 Å². The Bertz CT molecular complexity index is 1200. The lowest BCUT2D eigenvalue weighted by Gasteiger charge is -2.15. The number of nitrogens with two attached hydrogens (primary N) is 1. The minimum absolute atomic E-state index is 0.0350. The molecular formula is C25H27N5O2S2. The van der Waals surface area contributed by atoms with Crippen LogP contribution in [0.3, 0.4) is 0 Å². The van der Waals surface area contributed by atoms with Crippen LogP contribution in [0, 0.1) is 0 Å². The molecule has 1 unspecified atom stereocenters. The van der Waals surface area contributed by atoms with Gasteiger partial charge in [0.05, 0.1) is 28.5 Å². The minimum atomic E-state index is -0.269. The molecule has 0 saturated heterocycles. The second-order valence-corrected chi connectivity index (χ2v) is 10.0. The van der Waals surface area contributed by atoms with E-state index in [-0.39, 0.29) is 17.7 Å². The molecule has 176 valence electrons. The average molecular weight is 494 g/mol. The lowest BCUT2D eigenvalue weighted by Crippen LogP contribution is -2.28. The van der Waals surface area contributed by atoms with Gasteiger partial charge in [-0.3, -0.25) is 14.6 Å². The lowest BCUT2D eigenvalue weighted by atomic mass is 9.99. The number of thiophene rings is 1. The van der Waals surface area contributed by atoms with E-state index in [0.717, 1.165) is 42.1 Å². The Morgan fingerprint density at radius 2 is 1.85 bits per heavy atom. The zero-order chi connectivity index (χ0) is 23.8. The van der Waals surface area contributed by atoms with Gasteiger partial charge in [0, 0.05) is 23.8 Å². The maximum Gasteiger partial charge on any atom is 0.263 e. The number of nitrogens with one attached hydrogen (secondary N) is 2. The first kappa shape index (κ1) is 23.8. The first-order chi connectivity index (χ1) is 16.6. The van der Waals surface area contributed by atoms with Crippen LogP contribution in [-0.2, 0) is 4.79 Å². The normalized spacial score (nSPS) is 11.9. The monoisotopic (exact) mass is 493 g/mol. The number of carbonyl (C=O) groups excluding carboxylic acids is 2. The van der Waals surface area contributed by atoms with Crippen LogP contribution in [-0.4, -0.2) is 33.3 Å². The van der Waals surface area contributed by atoms with Gasteiger partial charge in [-0.25, -0.2) is 4.98 Å². The molecule has 0 bridgehead atoms. The van der Waals surface area contributed by atoms with Crippen molar-refractivity contribution in [3.63, 3.8) is 0 Å². The lowest BCUT2D eigenvalue weighted by molar-refractivity contribution is -0.118. The molecule has 9 heteroatoms. The van der Waals surface area contributed by atoms with E-state index in [1.54, 1.807) is 23.0 Å². The number of rotatable bonds is 12. The molecule has 0 fully saturated rings. The second-order valence-electron chi connectivity index (χ2n) is 8.05. The van der Waals surface area contributed by atoms with Gasteiger partial charge in [0.15, 0.2) is 0 Å². The Morgan fingerprint density at radius 1 is 1.03 bits per heavy atom. The van der Waals surface area contributed by atoms with Crippen molar-refractivity contribution in [1.29, 1.82) is 0 Å². The van der Waals surface area contributed by atoms with Crippen molar-refractivity contribution in [3.05, 3.63) is 71.1 Å². The summed E-state index contributed by atoms with van der Waals surface area (Å²) in [6, 6.07) is 14.5. The molecule has 0 aliphatic rings. The van der Waals surface area contributed by atoms with Crippen LogP contribution in [0.5, 0.6) is 0 Å². The number of nitrogens with zero attached hydrogens (tertiary/aromatic N) is 2. The first-order valence-electron chi connectivity index (χ1n) is 11.3. The molecule has 1 atom stereocenters. The van der Waals surface area contributed by atoms with Crippen molar-refractivity contribution in [3.8, 4) is 21.0 Å². The van der Waals surface area contributed by atoms with Gasteiger partial charge in [-0.2, -0.15) is 0 Å². The highest BCUT2D eigenvalue weighted by molar-refractivity contribution is 7.18. The van der Waals surface area contributed by atoms with E-state index in [9.17, 15) is 9.59 Å². The number of H-pyrrole nitrogens is 1. The molecule has 0 aliphatic heterocycles. The van der Waals surface area contributed by atoms with Crippen LogP contribution in [0.25, 0.3) is 21.0 Å². The smallest absolute Gasteiger partial charge is 0.263 e. The third-order valence-corrected chi connectivity index (χ3v) is 7.49. The Balaban J connectivity index is 1.44. The third-order valence-electron chi connectivity index (χ3n) is 5.55. The van der Waals surface area contributed by atoms with E-state index in [0.29, 0.717) is 17.8 Å². The van der Waals surface area contributed by atoms with Gasteiger partial charge in [0.2, 0.25) is 5.91 Å². The zero-order valence-electron chi connectivity index (χ0n) is 18.7. The molecule has 34 heavy (non-hydrogen) atoms. The summed E-state index contributed by atoms with van der Waals surface area (Å²) in [5.41, 5.74) is 9.05. The van der Waals surface area contributed by atoms with Crippen LogP contribution in [0.2, 0.25) is 0 Å². The van der Waals surface area contributed by atoms with E-state index in [4.69, 9.17) is 5.73 Å². The molecule has 1 aromatic carbocycles. The summed E-state index contributed by atoms with van der Waals surface area (Å²) in [6.07, 6.45) is 7.28. The van der Waals surface area contributed by atoms with Gasteiger partial charge in [0.25, 0.3) is 5.91 Å². The second kappa shape index (κ2) is 11.7. The molecule has 4 N–H and O–H groups in total. The molecule has 3 heterocycles. The summed E-state index contributed by atoms with van der Waals surface area (Å²) in [4.78, 5) is 38.5. The molecular weight excluding hydrogens is 466 g/mol. The molecule has 7 nitrogen and oxygen atoms in total. The summed E-state index contributed by atoms with van der Waals surface area (Å²) in [7, 11) is 0. The Hall–Kier alpha value is -3.30. The van der Waals surface area contributed by atoms with Crippen LogP contribution < -0.4 is 11.1 Å². The van der Waals surface area contributed by atoms with Gasteiger partial charge < -0.3 is 16.0 Å². The van der Waals surface area contributed by atoms with Crippen molar-refractivity contribution in [2.75, 3.05) is 6.54 Å². The van der Waals surface area contributed by atoms with Gasteiger partial charge in [-0.15, -0.1) is 22.7 Å². The number of amides is 2. The summed E-state index contributed by atoms with van der Waals surface area (Å²) in [6.45, 7) is 0.471. The molecule has 0 radical (unpaired) electrons. The van der Waals surface area contributed by atoms with E-state index >= 15 is 0 Å². The SMILES string of the molecule is NC(=O)CCCCCC(CNC(=O)c1cncs1)c1ncc(-c2ccc(-c3ccccc3)s2)[nH]1. The Kier molecular flexibility index (Phi) is 8.21. The fraction of sp³-hybridized carbons (Fsp3) is 0.280. The number of benzene rings is 1. The fourth-order valence-corrected chi connectivity index (χ4v) is 5.26. The predicted octanol–water partition coefficient (Wildman–Crippen LogP) is 5.21. The predicted molar refractivity (Wildman–Crippen MR) is 137 cm³/mol. The molecule has 0 saturated carbocycles. The zero-order valence-corrected chi connectivity index (χ0v) is 20.3. The fourth-order valence-electron chi connectivity index (χ4n) is 3.74. The molecule has 0 spiro atoms. The summed E-state index contributed by atoms with van der Waals surface area (Å²) in [5.74, 6) is 0.491. The van der Waals surface area contributed by atoms with Gasteiger partial charge >= 0.3 is 0 Å². The number of unbranched alkanes of at least 4 members (excludes halogenated alkanes) is 2. The first-order valence-corrected chi connectivity index (χ1v) is 13.0. The summed E-state index contributed by atoms with van der Waals surface area (Å²) in [5, 5.41) is 3.02. The van der Waals surface area contributed by atoms with Crippen molar-refractivity contribution >= 4 is 34.5 Å². The number of hydrogen-bond acceptors (Lipinski definition) is 6. The number of primary amides is 1. The number of hydrogen-bond donors (Lipinski definition) is 3. The molecule has 2 amide bonds. The van der Waals surface area contributed by atoms with Crippen LogP contribution >= 0.6 is 22.7 Å². The van der Waals surface area contributed by atoms with Crippen LogP contribution in [0.15, 0.2) is 60.4 Å². The van der Waals surface area contributed by atoms with E-state index in [2.05, 4.69) is 44.5 Å². The maximum absolute atomic E-state index is 12.4. The number of thiazole rings is 1. The average Bonchev–Trinajstić information content (AvgIpc) is 3.62. The molecule has 4 aromatic rings. The van der Waals surface area contributed by atoms with Crippen LogP contribution in [0.4, 0.5) is 0 Å². The quantitative estimate of drug-likeness (QED) is 0.235. The van der Waals surface area contributed by atoms with Crippen molar-refractivity contribution in [2.24, 2.45) is 5.73 Å². The molecule has 0 aliphatic carbocycles. The standard InChI is InChI=1S/C25H27N5O2S2/c26-23(31)10-6-2-5-9-18(13-29-25(32)22-15-27-16-33-22)24-28-14-19(30-24)21-12-11-20(34-21)17-7-3-1-4-8-17/h1,3-4,7-8,11-12,14-16,18H,2,5-6,9-10,13H2,(H2,26,31)(H,28,30)(H,29,32). The highest BCUT2D eigenvalue weighted by Crippen LogP contribution is 2.34. The van der Waals surface area contributed by atoms with Gasteiger partial charge in [-0.1, -0.05) is 43.2 Å². The summed E-state index contributed by atoms with van der Waals surface area (Å²) < 4.78 is 0. The number of aromatic amines is 1. The third kappa shape index (κ3) is 6.39. The summed E-state index contributed by atoms with van der Waals surface area (Å²) >= 11 is 3.04. The largest absolute Gasteiger partial charge is 0.370 e. The van der Waals surface area contributed by atoms with Gasteiger partial charge in [-0.05, 0) is 30.5 Å². The number of aromatic nitrogens is 3. The van der Waals surface area contributed by atoms with Gasteiger partial charge in [0.1, 0.15) is 10.7 Å². The van der Waals surface area contributed by atoms with E-state index < -0.39 is 0 Å². The Morgan fingerprint density at radius 3 is 2.62 bits per heavy atom. The molecule has 4 rings (SSSR count). The van der Waals surface area contributed by atoms with E-state index in [1.807, 2.05) is 24.4 Å². The minimum Gasteiger partial charge on any atom is -0.370 e.